The van der Waals surface area contributed by atoms with Crippen LogP contribution in [0.2, 0.25) is 0 Å². The standard InChI is InChI=1S/C35H24N6O2S6/c1-6-8-42-18-10-25(40-17(14-36)15-37)48-29(18)20-12-22-31(44-20)27-33(46-22)34-28(35(27,3)4)32-23(47-34)13-21(45-32)30-19(43-9-7-2)11-26(49-30)41-24(16-38)39-5/h10-13H,6-9H2,1-4H3. The third-order valence-corrected chi connectivity index (χ3v) is 15.2. The smallest absolute Gasteiger partial charge is 0.350 e. The first-order chi connectivity index (χ1) is 23.7. The van der Waals surface area contributed by atoms with E-state index < -0.39 is 0 Å². The maximum Gasteiger partial charge on any atom is 0.350 e. The van der Waals surface area contributed by atoms with Gasteiger partial charge >= 0.3 is 5.84 Å². The van der Waals surface area contributed by atoms with E-state index in [0.717, 1.165) is 43.8 Å². The summed E-state index contributed by atoms with van der Waals surface area (Å²) in [5, 5.41) is 28.9. The Morgan fingerprint density at radius 2 is 1.20 bits per heavy atom. The molecule has 8 nitrogen and oxygen atoms in total. The summed E-state index contributed by atoms with van der Waals surface area (Å²) in [5.41, 5.74) is 2.30. The summed E-state index contributed by atoms with van der Waals surface area (Å²) in [6.07, 6.45) is 1.72. The van der Waals surface area contributed by atoms with Crippen LogP contribution in [-0.2, 0) is 5.41 Å². The Bertz CT molecular complexity index is 2320. The largest absolute Gasteiger partial charge is 0.492 e. The molecule has 6 aromatic rings. The van der Waals surface area contributed by atoms with Gasteiger partial charge in [0.1, 0.15) is 34.7 Å². The van der Waals surface area contributed by atoms with E-state index in [9.17, 15) is 15.8 Å². The van der Waals surface area contributed by atoms with Gasteiger partial charge in [0.15, 0.2) is 0 Å². The highest BCUT2D eigenvalue weighted by Gasteiger charge is 2.43. The fraction of sp³-hybridized carbons (Fsp3) is 0.257. The van der Waals surface area contributed by atoms with E-state index in [2.05, 4.69) is 54.7 Å². The maximum absolute atomic E-state index is 9.25. The molecular formula is C35H24N6O2S6. The Morgan fingerprint density at radius 1 is 0.714 bits per heavy atom. The monoisotopic (exact) mass is 752 g/mol. The minimum absolute atomic E-state index is 0.179. The summed E-state index contributed by atoms with van der Waals surface area (Å²) in [5.74, 6) is 1.26. The topological polar surface area (TPSA) is 119 Å². The average Bonchev–Trinajstić information content (AvgIpc) is 3.93. The first-order valence-electron chi connectivity index (χ1n) is 15.2. The van der Waals surface area contributed by atoms with Crippen LogP contribution in [0.4, 0.5) is 10.0 Å². The molecule has 0 amide bonds. The minimum atomic E-state index is -0.226. The molecule has 0 N–H and O–H groups in total. The first-order valence-corrected chi connectivity index (χ1v) is 20.1. The number of aliphatic imine (C=N–C) groups is 2. The van der Waals surface area contributed by atoms with Gasteiger partial charge in [-0.25, -0.2) is 10.3 Å². The molecule has 0 saturated carbocycles. The van der Waals surface area contributed by atoms with Crippen LogP contribution < -0.4 is 9.47 Å². The zero-order valence-electron chi connectivity index (χ0n) is 26.6. The highest BCUT2D eigenvalue weighted by atomic mass is 32.1. The summed E-state index contributed by atoms with van der Waals surface area (Å²) in [4.78, 5) is 18.5. The second kappa shape index (κ2) is 13.2. The fourth-order valence-electron chi connectivity index (χ4n) is 5.76. The molecule has 6 aromatic heterocycles. The van der Waals surface area contributed by atoms with Gasteiger partial charge in [-0.2, -0.15) is 10.5 Å². The maximum atomic E-state index is 9.25. The summed E-state index contributed by atoms with van der Waals surface area (Å²) in [6.45, 7) is 17.1. The molecule has 7 rings (SSSR count). The van der Waals surface area contributed by atoms with Crippen LogP contribution in [0.5, 0.6) is 11.5 Å². The van der Waals surface area contributed by atoms with Crippen LogP contribution in [-0.4, -0.2) is 24.8 Å². The number of rotatable bonds is 10. The van der Waals surface area contributed by atoms with Crippen LogP contribution in [0.15, 0.2) is 34.3 Å². The van der Waals surface area contributed by atoms with E-state index in [1.807, 2.05) is 53.0 Å². The normalized spacial score (nSPS) is 13.0. The molecular weight excluding hydrogens is 729 g/mol. The second-order valence-electron chi connectivity index (χ2n) is 11.4. The third-order valence-electron chi connectivity index (χ3n) is 7.78. The van der Waals surface area contributed by atoms with Crippen molar-refractivity contribution in [2.75, 3.05) is 13.2 Å². The molecule has 0 aromatic carbocycles. The molecule has 0 unspecified atom stereocenters. The van der Waals surface area contributed by atoms with E-state index in [1.54, 1.807) is 22.7 Å². The summed E-state index contributed by atoms with van der Waals surface area (Å²) in [6, 6.07) is 13.7. The molecule has 6 heterocycles. The van der Waals surface area contributed by atoms with Crippen molar-refractivity contribution in [2.24, 2.45) is 9.98 Å². The molecule has 49 heavy (non-hydrogen) atoms. The summed E-state index contributed by atoms with van der Waals surface area (Å²) in [7, 11) is 0. The molecule has 1 aliphatic rings. The van der Waals surface area contributed by atoms with Gasteiger partial charge in [0.25, 0.3) is 0 Å². The molecule has 0 bridgehead atoms. The SMILES string of the molecule is [C-]#[N+]C(C#N)=Nc1cc(OCCC)c(-c2cc3sc4c(c3s2)C(C)(C)c2c-4sc3cc(-c4sc(N=C(C#N)C#N)cc4OCCC)sc23)s1. The van der Waals surface area contributed by atoms with Crippen molar-refractivity contribution >= 4 is 108 Å². The number of amidine groups is 1. The highest BCUT2D eigenvalue weighted by Crippen LogP contribution is 2.64. The molecule has 1 aliphatic carbocycles. The number of thiophene rings is 6. The quantitative estimate of drug-likeness (QED) is 0.0784. The molecule has 0 saturated heterocycles. The van der Waals surface area contributed by atoms with Crippen molar-refractivity contribution in [1.29, 1.82) is 15.8 Å². The average molecular weight is 753 g/mol. The fourth-order valence-corrected chi connectivity index (χ4v) is 14.0. The van der Waals surface area contributed by atoms with Crippen LogP contribution in [0.1, 0.15) is 51.7 Å². The van der Waals surface area contributed by atoms with Crippen LogP contribution in [0.25, 0.3) is 52.9 Å². The highest BCUT2D eigenvalue weighted by molar-refractivity contribution is 7.37. The molecule has 14 heteroatoms. The van der Waals surface area contributed by atoms with Gasteiger partial charge in [-0.3, -0.25) is 0 Å². The summed E-state index contributed by atoms with van der Waals surface area (Å²) < 4.78 is 17.2. The van der Waals surface area contributed by atoms with Crippen molar-refractivity contribution < 1.29 is 9.47 Å². The lowest BCUT2D eigenvalue weighted by Crippen LogP contribution is -2.14. The van der Waals surface area contributed by atoms with E-state index in [1.165, 1.54) is 62.4 Å². The van der Waals surface area contributed by atoms with Gasteiger partial charge in [-0.15, -0.1) is 56.7 Å². The van der Waals surface area contributed by atoms with E-state index in [0.29, 0.717) is 23.2 Å². The summed E-state index contributed by atoms with van der Waals surface area (Å²) >= 11 is 10.1. The minimum Gasteiger partial charge on any atom is -0.492 e. The number of fused-ring (bicyclic) bond motifs is 7. The van der Waals surface area contributed by atoms with Gasteiger partial charge in [-0.1, -0.05) is 50.6 Å². The predicted molar refractivity (Wildman–Crippen MR) is 206 cm³/mol. The van der Waals surface area contributed by atoms with Crippen molar-refractivity contribution in [2.45, 2.75) is 46.0 Å². The molecule has 0 spiro atoms. The first kappa shape index (κ1) is 33.1. The Hall–Kier alpha value is -4.38. The van der Waals surface area contributed by atoms with Crippen molar-refractivity contribution in [1.82, 2.24) is 0 Å². The Labute approximate surface area is 306 Å². The molecule has 0 atom stereocenters. The number of nitrogens with zero attached hydrogens (tertiary/aromatic N) is 6. The van der Waals surface area contributed by atoms with Gasteiger partial charge in [0, 0.05) is 26.9 Å². The third kappa shape index (κ3) is 5.65. The number of nitriles is 3. The molecule has 0 radical (unpaired) electrons. The molecule has 0 aliphatic heterocycles. The lowest BCUT2D eigenvalue weighted by molar-refractivity contribution is 0.320. The van der Waals surface area contributed by atoms with Crippen molar-refractivity contribution in [3.8, 4) is 59.0 Å². The van der Waals surface area contributed by atoms with Gasteiger partial charge in [0.05, 0.1) is 51.9 Å². The Kier molecular flexibility index (Phi) is 8.89. The van der Waals surface area contributed by atoms with Crippen LogP contribution in [0, 0.1) is 40.6 Å². The predicted octanol–water partition coefficient (Wildman–Crippen LogP) is 12.2. The number of hydrogen-bond donors (Lipinski definition) is 0. The van der Waals surface area contributed by atoms with E-state index in [-0.39, 0.29) is 17.0 Å². The molecule has 0 fully saturated rings. The van der Waals surface area contributed by atoms with Gasteiger partial charge < -0.3 is 14.3 Å². The van der Waals surface area contributed by atoms with Gasteiger partial charge in [-0.05, 0) is 36.1 Å². The lowest BCUT2D eigenvalue weighted by atomic mass is 9.84. The van der Waals surface area contributed by atoms with Crippen LogP contribution >= 0.6 is 68.0 Å². The molecule has 242 valence electrons. The Morgan fingerprint density at radius 3 is 1.63 bits per heavy atom. The zero-order valence-corrected chi connectivity index (χ0v) is 31.5. The second-order valence-corrected chi connectivity index (χ2v) is 17.7. The van der Waals surface area contributed by atoms with Crippen molar-refractivity contribution in [3.05, 3.63) is 46.8 Å². The van der Waals surface area contributed by atoms with Gasteiger partial charge in [0.2, 0.25) is 10.7 Å². The van der Waals surface area contributed by atoms with Crippen molar-refractivity contribution in [3.63, 3.8) is 0 Å². The number of hydrogen-bond acceptors (Lipinski definition) is 13. The Balaban J connectivity index is 1.29. The van der Waals surface area contributed by atoms with Crippen LogP contribution in [0.3, 0.4) is 0 Å². The lowest BCUT2D eigenvalue weighted by Gasteiger charge is -2.20. The van der Waals surface area contributed by atoms with E-state index in [4.69, 9.17) is 16.0 Å². The van der Waals surface area contributed by atoms with E-state index >= 15 is 0 Å². The zero-order chi connectivity index (χ0) is 34.4. The number of ether oxygens (including phenoxy) is 2.